The van der Waals surface area contributed by atoms with Crippen LogP contribution in [-0.4, -0.2) is 43.4 Å². The highest BCUT2D eigenvalue weighted by Crippen LogP contribution is 2.25. The third-order valence-corrected chi connectivity index (χ3v) is 3.30. The molecule has 0 aliphatic heterocycles. The largest absolute Gasteiger partial charge is 0.341 e. The summed E-state index contributed by atoms with van der Waals surface area (Å²) in [5.74, 6) is 0.774. The van der Waals surface area contributed by atoms with Gasteiger partial charge in [-0.15, -0.1) is 0 Å². The summed E-state index contributed by atoms with van der Waals surface area (Å²) in [7, 11) is 1.86. The van der Waals surface area contributed by atoms with Crippen molar-refractivity contribution in [3.63, 3.8) is 0 Å². The van der Waals surface area contributed by atoms with E-state index in [-0.39, 0.29) is 5.91 Å². The summed E-state index contributed by atoms with van der Waals surface area (Å²) in [6.07, 6.45) is 10.6. The van der Waals surface area contributed by atoms with Crippen LogP contribution < -0.4 is 0 Å². The van der Waals surface area contributed by atoms with Crippen LogP contribution in [-0.2, 0) is 11.3 Å². The van der Waals surface area contributed by atoms with Gasteiger partial charge >= 0.3 is 0 Å². The van der Waals surface area contributed by atoms with Gasteiger partial charge in [0.1, 0.15) is 12.2 Å². The zero-order valence-corrected chi connectivity index (χ0v) is 10.7. The monoisotopic (exact) mass is 257 g/mol. The van der Waals surface area contributed by atoms with Gasteiger partial charge in [0.25, 0.3) is 0 Å². The van der Waals surface area contributed by atoms with Crippen molar-refractivity contribution < 1.29 is 4.79 Å². The Hall–Kier alpha value is -2.24. The molecule has 6 nitrogen and oxygen atoms in total. The van der Waals surface area contributed by atoms with Crippen LogP contribution in [0.1, 0.15) is 12.8 Å². The summed E-state index contributed by atoms with van der Waals surface area (Å²) in [6.45, 7) is 0.291. The Morgan fingerprint density at radius 1 is 1.37 bits per heavy atom. The quantitative estimate of drug-likeness (QED) is 0.818. The molecule has 98 valence electrons. The number of imidazole rings is 1. The predicted octanol–water partition coefficient (Wildman–Crippen LogP) is 0.961. The smallest absolute Gasteiger partial charge is 0.242 e. The molecule has 0 aromatic carbocycles. The lowest BCUT2D eigenvalue weighted by atomic mass is 10.4. The topological polar surface area (TPSA) is 63.9 Å². The minimum Gasteiger partial charge on any atom is -0.341 e. The van der Waals surface area contributed by atoms with Gasteiger partial charge in [0, 0.05) is 37.9 Å². The van der Waals surface area contributed by atoms with Crippen molar-refractivity contribution in [3.8, 4) is 11.5 Å². The van der Waals surface area contributed by atoms with E-state index in [0.717, 1.165) is 12.8 Å². The second-order valence-electron chi connectivity index (χ2n) is 4.71. The van der Waals surface area contributed by atoms with Gasteiger partial charge in [-0.1, -0.05) is 0 Å². The molecule has 0 unspecified atom stereocenters. The summed E-state index contributed by atoms with van der Waals surface area (Å²) in [5.41, 5.74) is 0.675. The van der Waals surface area contributed by atoms with Crippen LogP contribution in [0.4, 0.5) is 0 Å². The standard InChI is InChI=1S/C13H15N5O/c1-17(10-2-3-10)12(19)9-18-7-6-16-13(18)11-8-14-4-5-15-11/h4-8,10H,2-3,9H2,1H3. The van der Waals surface area contributed by atoms with Crippen LogP contribution in [0, 0.1) is 0 Å². The number of carbonyl (C=O) groups is 1. The number of amides is 1. The van der Waals surface area contributed by atoms with Gasteiger partial charge in [0.2, 0.25) is 5.91 Å². The molecule has 3 rings (SSSR count). The molecular formula is C13H15N5O. The first-order chi connectivity index (χ1) is 9.25. The van der Waals surface area contributed by atoms with E-state index in [1.165, 1.54) is 0 Å². The van der Waals surface area contributed by atoms with E-state index in [2.05, 4.69) is 15.0 Å². The van der Waals surface area contributed by atoms with Crippen LogP contribution >= 0.6 is 0 Å². The third kappa shape index (κ3) is 2.47. The first-order valence-corrected chi connectivity index (χ1v) is 6.29. The maximum atomic E-state index is 12.1. The van der Waals surface area contributed by atoms with E-state index in [4.69, 9.17) is 0 Å². The fraction of sp³-hybridized carbons (Fsp3) is 0.385. The summed E-state index contributed by atoms with van der Waals surface area (Å²) < 4.78 is 1.81. The molecule has 19 heavy (non-hydrogen) atoms. The Kier molecular flexibility index (Phi) is 2.98. The molecule has 1 fully saturated rings. The van der Waals surface area contributed by atoms with E-state index in [1.54, 1.807) is 31.0 Å². The highest BCUT2D eigenvalue weighted by molar-refractivity contribution is 5.77. The van der Waals surface area contributed by atoms with Gasteiger partial charge in [-0.2, -0.15) is 0 Å². The molecule has 1 saturated carbocycles. The van der Waals surface area contributed by atoms with E-state index in [0.29, 0.717) is 24.1 Å². The zero-order valence-electron chi connectivity index (χ0n) is 10.7. The predicted molar refractivity (Wildman–Crippen MR) is 69.0 cm³/mol. The SMILES string of the molecule is CN(C(=O)Cn1ccnc1-c1cnccn1)C1CC1. The summed E-state index contributed by atoms with van der Waals surface area (Å²) in [6, 6.07) is 0.427. The number of aromatic nitrogens is 4. The molecule has 2 heterocycles. The van der Waals surface area contributed by atoms with E-state index in [9.17, 15) is 4.79 Å². The summed E-state index contributed by atoms with van der Waals surface area (Å²) >= 11 is 0. The number of likely N-dealkylation sites (N-methyl/N-ethyl adjacent to an activating group) is 1. The molecule has 1 amide bonds. The van der Waals surface area contributed by atoms with Gasteiger partial charge in [0.05, 0.1) is 6.20 Å². The molecule has 0 N–H and O–H groups in total. The number of hydrogen-bond acceptors (Lipinski definition) is 4. The molecule has 1 aliphatic carbocycles. The highest BCUT2D eigenvalue weighted by atomic mass is 16.2. The lowest BCUT2D eigenvalue weighted by molar-refractivity contribution is -0.131. The maximum Gasteiger partial charge on any atom is 0.242 e. The van der Waals surface area contributed by atoms with Gasteiger partial charge in [-0.3, -0.25) is 9.78 Å². The van der Waals surface area contributed by atoms with Crippen LogP contribution in [0.3, 0.4) is 0 Å². The molecule has 0 atom stereocenters. The van der Waals surface area contributed by atoms with Gasteiger partial charge in [-0.25, -0.2) is 9.97 Å². The van der Waals surface area contributed by atoms with Crippen molar-refractivity contribution in [2.24, 2.45) is 0 Å². The minimum absolute atomic E-state index is 0.102. The van der Waals surface area contributed by atoms with E-state index in [1.807, 2.05) is 16.5 Å². The molecule has 0 saturated heterocycles. The molecule has 0 radical (unpaired) electrons. The zero-order chi connectivity index (χ0) is 13.2. The first kappa shape index (κ1) is 11.8. The lowest BCUT2D eigenvalue weighted by Crippen LogP contribution is -2.32. The Morgan fingerprint density at radius 2 is 2.21 bits per heavy atom. The Balaban J connectivity index is 1.79. The van der Waals surface area contributed by atoms with Crippen LogP contribution in [0.15, 0.2) is 31.0 Å². The molecular weight excluding hydrogens is 242 g/mol. The molecule has 0 spiro atoms. The number of carbonyl (C=O) groups excluding carboxylic acids is 1. The lowest BCUT2D eigenvalue weighted by Gasteiger charge is -2.17. The molecule has 2 aromatic heterocycles. The molecule has 2 aromatic rings. The molecule has 0 bridgehead atoms. The van der Waals surface area contributed by atoms with Gasteiger partial charge in [-0.05, 0) is 12.8 Å². The van der Waals surface area contributed by atoms with Crippen molar-refractivity contribution in [1.29, 1.82) is 0 Å². The van der Waals surface area contributed by atoms with Crippen LogP contribution in [0.5, 0.6) is 0 Å². The maximum absolute atomic E-state index is 12.1. The van der Waals surface area contributed by atoms with Crippen molar-refractivity contribution in [3.05, 3.63) is 31.0 Å². The third-order valence-electron chi connectivity index (χ3n) is 3.30. The van der Waals surface area contributed by atoms with Crippen molar-refractivity contribution in [1.82, 2.24) is 24.4 Å². The highest BCUT2D eigenvalue weighted by Gasteiger charge is 2.29. The van der Waals surface area contributed by atoms with E-state index >= 15 is 0 Å². The second-order valence-corrected chi connectivity index (χ2v) is 4.71. The average Bonchev–Trinajstić information content (AvgIpc) is 3.19. The van der Waals surface area contributed by atoms with Crippen molar-refractivity contribution in [2.45, 2.75) is 25.4 Å². The van der Waals surface area contributed by atoms with Crippen molar-refractivity contribution in [2.75, 3.05) is 7.05 Å². The Morgan fingerprint density at radius 3 is 2.89 bits per heavy atom. The van der Waals surface area contributed by atoms with Crippen LogP contribution in [0.2, 0.25) is 0 Å². The van der Waals surface area contributed by atoms with E-state index < -0.39 is 0 Å². The molecule has 1 aliphatic rings. The van der Waals surface area contributed by atoms with Gasteiger partial charge < -0.3 is 9.47 Å². The Labute approximate surface area is 111 Å². The summed E-state index contributed by atoms with van der Waals surface area (Å²) in [4.78, 5) is 26.4. The molecule has 6 heteroatoms. The fourth-order valence-electron chi connectivity index (χ4n) is 2.01. The normalized spacial score (nSPS) is 14.4. The number of nitrogens with zero attached hydrogens (tertiary/aromatic N) is 5. The van der Waals surface area contributed by atoms with Crippen molar-refractivity contribution >= 4 is 5.91 Å². The Bertz CT molecular complexity index is 576. The van der Waals surface area contributed by atoms with Gasteiger partial charge in [0.15, 0.2) is 5.82 Å². The minimum atomic E-state index is 0.102. The number of rotatable bonds is 4. The van der Waals surface area contributed by atoms with Crippen LogP contribution in [0.25, 0.3) is 11.5 Å². The number of hydrogen-bond donors (Lipinski definition) is 0. The summed E-state index contributed by atoms with van der Waals surface area (Å²) in [5, 5.41) is 0. The fourth-order valence-corrected chi connectivity index (χ4v) is 2.01. The second kappa shape index (κ2) is 4.79. The average molecular weight is 257 g/mol. The first-order valence-electron chi connectivity index (χ1n) is 6.29.